The van der Waals surface area contributed by atoms with Gasteiger partial charge in [-0.05, 0) is 62.7 Å². The molecule has 0 bridgehead atoms. The summed E-state index contributed by atoms with van der Waals surface area (Å²) in [5, 5.41) is 2.90. The largest absolute Gasteiger partial charge is 0.493 e. The third kappa shape index (κ3) is 7.38. The van der Waals surface area contributed by atoms with Gasteiger partial charge in [0.1, 0.15) is 10.7 Å². The van der Waals surface area contributed by atoms with Gasteiger partial charge in [0, 0.05) is 25.7 Å². The second kappa shape index (κ2) is 10.6. The number of hydrogen-bond donors (Lipinski definition) is 1. The van der Waals surface area contributed by atoms with Gasteiger partial charge in [-0.3, -0.25) is 0 Å². The van der Waals surface area contributed by atoms with Crippen LogP contribution >= 0.6 is 0 Å². The lowest BCUT2D eigenvalue weighted by molar-refractivity contribution is 0.142. The van der Waals surface area contributed by atoms with E-state index in [1.165, 1.54) is 13.2 Å². The molecule has 0 radical (unpaired) electrons. The molecule has 0 aliphatic heterocycles. The van der Waals surface area contributed by atoms with Crippen molar-refractivity contribution in [2.24, 2.45) is 0 Å². The standard InChI is InChI=1S/C22H29FN2O6S/c1-22(2,3)24-21(26)25(12-13-29-4)15-16-6-11-19(30-5)20(14-16)31-32(27,28)18-9-7-17(23)8-10-18/h6-11,14H,12-13,15H2,1-5H3,(H,24,26). The van der Waals surface area contributed by atoms with Gasteiger partial charge in [-0.25, -0.2) is 9.18 Å². The average Bonchev–Trinajstić information content (AvgIpc) is 2.70. The molecule has 0 aliphatic carbocycles. The topological polar surface area (TPSA) is 94.2 Å². The lowest BCUT2D eigenvalue weighted by Gasteiger charge is -2.28. The van der Waals surface area contributed by atoms with Gasteiger partial charge in [0.25, 0.3) is 0 Å². The summed E-state index contributed by atoms with van der Waals surface area (Å²) in [6.45, 7) is 6.46. The Labute approximate surface area is 188 Å². The van der Waals surface area contributed by atoms with Crippen molar-refractivity contribution >= 4 is 16.1 Å². The van der Waals surface area contributed by atoms with Crippen LogP contribution in [0.5, 0.6) is 11.5 Å². The number of methoxy groups -OCH3 is 2. The number of halogens is 1. The zero-order valence-electron chi connectivity index (χ0n) is 18.8. The van der Waals surface area contributed by atoms with Crippen molar-refractivity contribution in [1.82, 2.24) is 10.2 Å². The van der Waals surface area contributed by atoms with Crippen LogP contribution in [0.2, 0.25) is 0 Å². The number of amides is 2. The molecule has 0 aliphatic rings. The number of nitrogens with one attached hydrogen (secondary N) is 1. The number of ether oxygens (including phenoxy) is 2. The van der Waals surface area contributed by atoms with E-state index in [1.54, 1.807) is 24.1 Å². The van der Waals surface area contributed by atoms with Crippen LogP contribution in [0.15, 0.2) is 47.4 Å². The van der Waals surface area contributed by atoms with Crippen LogP contribution in [0.4, 0.5) is 9.18 Å². The minimum Gasteiger partial charge on any atom is -0.493 e. The predicted octanol–water partition coefficient (Wildman–Crippen LogP) is 3.56. The normalized spacial score (nSPS) is 11.7. The zero-order valence-corrected chi connectivity index (χ0v) is 19.7. The summed E-state index contributed by atoms with van der Waals surface area (Å²) in [5.74, 6) is -0.410. The highest BCUT2D eigenvalue weighted by atomic mass is 32.2. The molecule has 2 aromatic rings. The minimum absolute atomic E-state index is 0.0442. The van der Waals surface area contributed by atoms with Crippen molar-refractivity contribution in [1.29, 1.82) is 0 Å². The van der Waals surface area contributed by atoms with Crippen molar-refractivity contribution in [3.8, 4) is 11.5 Å². The van der Waals surface area contributed by atoms with Gasteiger partial charge in [-0.1, -0.05) is 6.07 Å². The molecular formula is C22H29FN2O6S. The number of benzene rings is 2. The van der Waals surface area contributed by atoms with Crippen molar-refractivity contribution < 1.29 is 31.3 Å². The van der Waals surface area contributed by atoms with Gasteiger partial charge in [0.2, 0.25) is 0 Å². The lowest BCUT2D eigenvalue weighted by Crippen LogP contribution is -2.49. The van der Waals surface area contributed by atoms with E-state index in [9.17, 15) is 17.6 Å². The second-order valence-corrected chi connectivity index (χ2v) is 9.62. The fourth-order valence-corrected chi connectivity index (χ4v) is 3.66. The van der Waals surface area contributed by atoms with Crippen LogP contribution in [0.3, 0.4) is 0 Å². The molecule has 0 atom stereocenters. The molecule has 0 saturated heterocycles. The van der Waals surface area contributed by atoms with E-state index < -0.39 is 21.5 Å². The first-order chi connectivity index (χ1) is 14.9. The van der Waals surface area contributed by atoms with Gasteiger partial charge in [0.15, 0.2) is 11.5 Å². The van der Waals surface area contributed by atoms with Crippen molar-refractivity contribution in [3.63, 3.8) is 0 Å². The summed E-state index contributed by atoms with van der Waals surface area (Å²) in [5.41, 5.74) is 0.190. The van der Waals surface area contributed by atoms with Crippen LogP contribution in [-0.2, 0) is 21.4 Å². The summed E-state index contributed by atoms with van der Waals surface area (Å²) in [6, 6.07) is 8.77. The third-order valence-electron chi connectivity index (χ3n) is 4.24. The van der Waals surface area contributed by atoms with Crippen LogP contribution < -0.4 is 14.2 Å². The second-order valence-electron chi connectivity index (χ2n) is 8.07. The zero-order chi connectivity index (χ0) is 23.9. The molecule has 0 saturated carbocycles. The highest BCUT2D eigenvalue weighted by Crippen LogP contribution is 2.31. The van der Waals surface area contributed by atoms with Gasteiger partial charge in [-0.2, -0.15) is 8.42 Å². The Bertz CT molecular complexity index is 1020. The summed E-state index contributed by atoms with van der Waals surface area (Å²) in [6.07, 6.45) is 0. The molecule has 32 heavy (non-hydrogen) atoms. The summed E-state index contributed by atoms with van der Waals surface area (Å²) in [7, 11) is -1.30. The van der Waals surface area contributed by atoms with Crippen molar-refractivity contribution in [2.45, 2.75) is 37.8 Å². The number of carbonyl (C=O) groups is 1. The molecule has 0 spiro atoms. The summed E-state index contributed by atoms with van der Waals surface area (Å²) in [4.78, 5) is 14.0. The Balaban J connectivity index is 2.30. The first kappa shape index (κ1) is 25.4. The number of rotatable bonds is 9. The van der Waals surface area contributed by atoms with Crippen LogP contribution in [0, 0.1) is 5.82 Å². The van der Waals surface area contributed by atoms with Crippen molar-refractivity contribution in [2.75, 3.05) is 27.4 Å². The quantitative estimate of drug-likeness (QED) is 0.566. The van der Waals surface area contributed by atoms with Crippen LogP contribution in [0.1, 0.15) is 26.3 Å². The predicted molar refractivity (Wildman–Crippen MR) is 118 cm³/mol. The Hall–Kier alpha value is -2.85. The Morgan fingerprint density at radius 2 is 1.72 bits per heavy atom. The van der Waals surface area contributed by atoms with Crippen LogP contribution in [0.25, 0.3) is 0 Å². The molecule has 8 nitrogen and oxygen atoms in total. The fourth-order valence-electron chi connectivity index (χ4n) is 2.73. The smallest absolute Gasteiger partial charge is 0.339 e. The molecular weight excluding hydrogens is 439 g/mol. The van der Waals surface area contributed by atoms with Crippen molar-refractivity contribution in [3.05, 3.63) is 53.8 Å². The maximum atomic E-state index is 13.1. The first-order valence-corrected chi connectivity index (χ1v) is 11.3. The highest BCUT2D eigenvalue weighted by molar-refractivity contribution is 7.87. The SMILES string of the molecule is COCCN(Cc1ccc(OC)c(OS(=O)(=O)c2ccc(F)cc2)c1)C(=O)NC(C)(C)C. The average molecular weight is 469 g/mol. The molecule has 10 heteroatoms. The molecule has 1 N–H and O–H groups in total. The third-order valence-corrected chi connectivity index (χ3v) is 5.49. The van der Waals surface area contributed by atoms with E-state index in [2.05, 4.69) is 5.32 Å². The molecule has 176 valence electrons. The number of urea groups is 1. The Morgan fingerprint density at radius 1 is 1.06 bits per heavy atom. The fraction of sp³-hybridized carbons (Fsp3) is 0.409. The van der Waals surface area contributed by atoms with Crippen LogP contribution in [-0.4, -0.2) is 52.3 Å². The van der Waals surface area contributed by atoms with E-state index >= 15 is 0 Å². The van der Waals surface area contributed by atoms with E-state index in [1.807, 2.05) is 20.8 Å². The van der Waals surface area contributed by atoms with E-state index in [0.717, 1.165) is 24.3 Å². The van der Waals surface area contributed by atoms with E-state index in [0.29, 0.717) is 18.7 Å². The Kier molecular flexibility index (Phi) is 8.45. The van der Waals surface area contributed by atoms with E-state index in [-0.39, 0.29) is 29.0 Å². The van der Waals surface area contributed by atoms with Gasteiger partial charge >= 0.3 is 16.1 Å². The first-order valence-electron chi connectivity index (χ1n) is 9.88. The van der Waals surface area contributed by atoms with Gasteiger partial charge in [-0.15, -0.1) is 0 Å². The molecule has 0 unspecified atom stereocenters. The minimum atomic E-state index is -4.22. The molecule has 2 amide bonds. The molecule has 2 aromatic carbocycles. The summed E-state index contributed by atoms with van der Waals surface area (Å²) < 4.78 is 54.0. The maximum Gasteiger partial charge on any atom is 0.339 e. The molecule has 0 heterocycles. The molecule has 0 fully saturated rings. The maximum absolute atomic E-state index is 13.1. The lowest BCUT2D eigenvalue weighted by atomic mass is 10.1. The molecule has 2 rings (SSSR count). The van der Waals surface area contributed by atoms with Gasteiger partial charge in [0.05, 0.1) is 13.7 Å². The number of carbonyl (C=O) groups excluding carboxylic acids is 1. The van der Waals surface area contributed by atoms with E-state index in [4.69, 9.17) is 13.7 Å². The summed E-state index contributed by atoms with van der Waals surface area (Å²) >= 11 is 0. The monoisotopic (exact) mass is 468 g/mol. The Morgan fingerprint density at radius 3 is 2.28 bits per heavy atom. The van der Waals surface area contributed by atoms with Gasteiger partial charge < -0.3 is 23.9 Å². The number of hydrogen-bond acceptors (Lipinski definition) is 6. The molecule has 0 aromatic heterocycles. The highest BCUT2D eigenvalue weighted by Gasteiger charge is 2.22. The number of nitrogens with zero attached hydrogens (tertiary/aromatic N) is 1.